The molecule has 0 aromatic rings. The molecule has 3 nitrogen and oxygen atoms in total. The molecule has 1 radical (unpaired) electrons. The molecule has 0 aromatic heterocycles. The summed E-state index contributed by atoms with van der Waals surface area (Å²) in [6, 6.07) is 0. The van der Waals surface area contributed by atoms with Crippen molar-refractivity contribution in [2.24, 2.45) is 0 Å². The minimum atomic E-state index is -0.199. The first-order valence-electron chi connectivity index (χ1n) is 6.22. The molecule has 0 amide bonds. The highest BCUT2D eigenvalue weighted by molar-refractivity contribution is 8.81. The van der Waals surface area contributed by atoms with Crippen LogP contribution < -0.4 is 0 Å². The fourth-order valence-corrected chi connectivity index (χ4v) is 11.2. The SMILES string of the molecule is O=[N+]([O-])C1=C2SSC3=C2[C]2C4=C(C=C5SSC1=C25)SSC4=C3. The normalized spacial score (nSPS) is 27.8. The molecule has 0 unspecified atom stereocenters. The monoisotopic (exact) mass is 396 g/mol. The van der Waals surface area contributed by atoms with Gasteiger partial charge < -0.3 is 0 Å². The number of hydrogen-bond donors (Lipinski definition) is 0. The van der Waals surface area contributed by atoms with Gasteiger partial charge in [0.05, 0.1) is 10.8 Å². The second kappa shape index (κ2) is 4.31. The Balaban J connectivity index is 1.78. The van der Waals surface area contributed by atoms with Gasteiger partial charge in [0.1, 0.15) is 9.81 Å². The van der Waals surface area contributed by atoms with Crippen LogP contribution in [0.2, 0.25) is 0 Å². The van der Waals surface area contributed by atoms with Crippen LogP contribution in [0, 0.1) is 16.0 Å². The van der Waals surface area contributed by atoms with Gasteiger partial charge in [0.25, 0.3) is 5.70 Å². The lowest BCUT2D eigenvalue weighted by molar-refractivity contribution is -0.420. The molecule has 9 heteroatoms. The first kappa shape index (κ1) is 13.3. The summed E-state index contributed by atoms with van der Waals surface area (Å²) >= 11 is 0. The van der Waals surface area contributed by atoms with Crippen LogP contribution in [0.4, 0.5) is 0 Å². The molecule has 3 aliphatic heterocycles. The Labute approximate surface area is 149 Å². The summed E-state index contributed by atoms with van der Waals surface area (Å²) < 4.78 is 0. The van der Waals surface area contributed by atoms with Crippen LogP contribution in [0.3, 0.4) is 0 Å². The Morgan fingerprint density at radius 2 is 1.41 bits per heavy atom. The molecule has 3 aliphatic carbocycles. The zero-order valence-electron chi connectivity index (χ0n) is 10.4. The molecule has 22 heavy (non-hydrogen) atoms. The highest BCUT2D eigenvalue weighted by atomic mass is 33.1. The summed E-state index contributed by atoms with van der Waals surface area (Å²) in [5.74, 6) is 1.25. The molecule has 6 rings (SSSR count). The van der Waals surface area contributed by atoms with Crippen LogP contribution in [0.1, 0.15) is 0 Å². The van der Waals surface area contributed by atoms with Crippen LogP contribution in [-0.2, 0) is 0 Å². The van der Waals surface area contributed by atoms with E-state index in [1.54, 1.807) is 64.8 Å². The van der Waals surface area contributed by atoms with E-state index in [0.717, 1.165) is 21.0 Å². The third kappa shape index (κ3) is 1.42. The molecule has 0 atom stereocenters. The summed E-state index contributed by atoms with van der Waals surface area (Å²) in [6.45, 7) is 0. The van der Waals surface area contributed by atoms with E-state index in [2.05, 4.69) is 12.2 Å². The molecule has 0 fully saturated rings. The van der Waals surface area contributed by atoms with E-state index in [0.29, 0.717) is 5.70 Å². The van der Waals surface area contributed by atoms with Gasteiger partial charge in [-0.15, -0.1) is 0 Å². The Kier molecular flexibility index (Phi) is 2.60. The lowest BCUT2D eigenvalue weighted by atomic mass is 9.75. The van der Waals surface area contributed by atoms with Crippen LogP contribution in [0.25, 0.3) is 0 Å². The van der Waals surface area contributed by atoms with Gasteiger partial charge in [-0.3, -0.25) is 10.1 Å². The van der Waals surface area contributed by atoms with Crippen molar-refractivity contribution in [2.75, 3.05) is 0 Å². The average molecular weight is 397 g/mol. The van der Waals surface area contributed by atoms with Gasteiger partial charge in [0.2, 0.25) is 0 Å². The zero-order chi connectivity index (χ0) is 14.6. The smallest absolute Gasteiger partial charge is 0.258 e. The molecule has 0 saturated carbocycles. The van der Waals surface area contributed by atoms with E-state index >= 15 is 0 Å². The van der Waals surface area contributed by atoms with E-state index in [1.165, 1.54) is 31.1 Å². The topological polar surface area (TPSA) is 43.1 Å². The van der Waals surface area contributed by atoms with Crippen molar-refractivity contribution in [1.29, 1.82) is 0 Å². The van der Waals surface area contributed by atoms with Gasteiger partial charge in [-0.1, -0.05) is 43.2 Å². The quantitative estimate of drug-likeness (QED) is 0.313. The third-order valence-corrected chi connectivity index (χ3v) is 11.3. The van der Waals surface area contributed by atoms with Crippen LogP contribution >= 0.6 is 64.8 Å². The van der Waals surface area contributed by atoms with Gasteiger partial charge >= 0.3 is 0 Å². The fraction of sp³-hybridized carbons (Fsp3) is 0. The molecule has 6 aliphatic rings. The van der Waals surface area contributed by atoms with E-state index in [9.17, 15) is 10.1 Å². The fourth-order valence-electron chi connectivity index (χ4n) is 3.16. The molecule has 0 N–H and O–H groups in total. The summed E-state index contributed by atoms with van der Waals surface area (Å²) in [5, 5.41) is 11.7. The maximum atomic E-state index is 11.7. The van der Waals surface area contributed by atoms with Gasteiger partial charge in [0.15, 0.2) is 0 Å². The van der Waals surface area contributed by atoms with Crippen molar-refractivity contribution in [3.8, 4) is 0 Å². The van der Waals surface area contributed by atoms with Crippen molar-refractivity contribution >= 4 is 64.8 Å². The van der Waals surface area contributed by atoms with Crippen molar-refractivity contribution in [3.63, 3.8) is 0 Å². The Morgan fingerprint density at radius 3 is 2.23 bits per heavy atom. The van der Waals surface area contributed by atoms with Gasteiger partial charge in [0, 0.05) is 30.8 Å². The summed E-state index contributed by atoms with van der Waals surface area (Å²) in [6.07, 6.45) is 4.42. The number of nitro groups is 1. The van der Waals surface area contributed by atoms with Crippen molar-refractivity contribution in [3.05, 3.63) is 80.0 Å². The maximum Gasteiger partial charge on any atom is 0.298 e. The summed E-state index contributed by atoms with van der Waals surface area (Å²) in [4.78, 5) is 18.1. The minimum Gasteiger partial charge on any atom is -0.258 e. The first-order chi connectivity index (χ1) is 10.7. The summed E-state index contributed by atoms with van der Waals surface area (Å²) in [5.41, 5.74) is 3.82. The second-order valence-electron chi connectivity index (χ2n) is 5.01. The van der Waals surface area contributed by atoms with E-state index in [-0.39, 0.29) is 4.92 Å². The van der Waals surface area contributed by atoms with Crippen molar-refractivity contribution in [1.82, 2.24) is 0 Å². The number of hydrogen-bond acceptors (Lipinski definition) is 8. The largest absolute Gasteiger partial charge is 0.298 e. The molecule has 0 saturated heterocycles. The molecular weight excluding hydrogens is 395 g/mol. The minimum absolute atomic E-state index is 0.199. The standard InChI is InChI=1S/C13H2NO2S6/c15-14(16)11-12-8-5(19-21-12)1-3-7-4(18-17-3)2-6-9(10(7)8)13(11)22-20-6/h1-2H. The van der Waals surface area contributed by atoms with Crippen LogP contribution in [0.15, 0.2) is 64.0 Å². The third-order valence-electron chi connectivity index (χ3n) is 3.98. The van der Waals surface area contributed by atoms with Crippen molar-refractivity contribution < 1.29 is 4.92 Å². The zero-order valence-corrected chi connectivity index (χ0v) is 15.3. The van der Waals surface area contributed by atoms with E-state index < -0.39 is 0 Å². The highest BCUT2D eigenvalue weighted by Gasteiger charge is 2.53. The Bertz CT molecular complexity index is 917. The first-order valence-corrected chi connectivity index (χ1v) is 12.7. The molecule has 3 heterocycles. The maximum absolute atomic E-state index is 11.7. The molecule has 0 bridgehead atoms. The van der Waals surface area contributed by atoms with E-state index in [4.69, 9.17) is 0 Å². The number of rotatable bonds is 1. The lowest BCUT2D eigenvalue weighted by Crippen LogP contribution is -2.22. The molecule has 0 aromatic carbocycles. The molecule has 0 spiro atoms. The van der Waals surface area contributed by atoms with Crippen LogP contribution in [-0.4, -0.2) is 4.92 Å². The average Bonchev–Trinajstić information content (AvgIpc) is 3.20. The van der Waals surface area contributed by atoms with E-state index in [1.807, 2.05) is 0 Å². The Hall–Kier alpha value is -0.0600. The number of allylic oxidation sites excluding steroid dienone is 5. The molecule has 107 valence electrons. The lowest BCUT2D eigenvalue weighted by Gasteiger charge is -2.31. The predicted octanol–water partition coefficient (Wildman–Crippen LogP) is 5.81. The summed E-state index contributed by atoms with van der Waals surface area (Å²) in [7, 11) is 10.0. The second-order valence-corrected chi connectivity index (χ2v) is 11.6. The Morgan fingerprint density at radius 1 is 0.773 bits per heavy atom. The number of nitrogens with zero attached hydrogens (tertiary/aromatic N) is 1. The van der Waals surface area contributed by atoms with Crippen molar-refractivity contribution in [2.45, 2.75) is 0 Å². The van der Waals surface area contributed by atoms with Gasteiger partial charge in [-0.2, -0.15) is 0 Å². The highest BCUT2D eigenvalue weighted by Crippen LogP contribution is 2.73. The van der Waals surface area contributed by atoms with Gasteiger partial charge in [-0.25, -0.2) is 0 Å². The predicted molar refractivity (Wildman–Crippen MR) is 100 cm³/mol. The van der Waals surface area contributed by atoms with Crippen LogP contribution in [0.5, 0.6) is 0 Å². The van der Waals surface area contributed by atoms with Gasteiger partial charge in [-0.05, 0) is 39.3 Å². The molecular formula is C13H2NO2S6.